The molecule has 0 radical (unpaired) electrons. The highest BCUT2D eigenvalue weighted by Crippen LogP contribution is 2.24. The Morgan fingerprint density at radius 2 is 2.07 bits per heavy atom. The summed E-state index contributed by atoms with van der Waals surface area (Å²) in [5.41, 5.74) is 7.11. The van der Waals surface area contributed by atoms with E-state index < -0.39 is 0 Å². The number of hydrogen-bond donors (Lipinski definition) is 1. The van der Waals surface area contributed by atoms with Gasteiger partial charge in [0, 0.05) is 25.3 Å². The Morgan fingerprint density at radius 1 is 1.33 bits per heavy atom. The molecular weight excluding hydrogens is 186 g/mol. The van der Waals surface area contributed by atoms with Crippen LogP contribution in [0.1, 0.15) is 25.7 Å². The van der Waals surface area contributed by atoms with Crippen molar-refractivity contribution in [1.82, 2.24) is 4.98 Å². The molecule has 0 spiro atoms. The molecule has 2 N–H and O–H groups in total. The molecule has 2 rings (SSSR count). The second-order valence-corrected chi connectivity index (χ2v) is 4.39. The van der Waals surface area contributed by atoms with Crippen molar-refractivity contribution in [2.24, 2.45) is 5.73 Å². The molecule has 0 bridgehead atoms. The molecule has 1 aromatic rings. The minimum absolute atomic E-state index is 0.420. The Kier molecular flexibility index (Phi) is 3.21. The van der Waals surface area contributed by atoms with Crippen LogP contribution in [0.4, 0.5) is 5.69 Å². The molecule has 1 fully saturated rings. The molecule has 0 amide bonds. The van der Waals surface area contributed by atoms with E-state index in [2.05, 4.69) is 23.0 Å². The van der Waals surface area contributed by atoms with Gasteiger partial charge in [-0.3, -0.25) is 4.98 Å². The van der Waals surface area contributed by atoms with E-state index in [1.54, 1.807) is 0 Å². The maximum Gasteiger partial charge on any atom is 0.0552 e. The van der Waals surface area contributed by atoms with Gasteiger partial charge in [0.05, 0.1) is 11.9 Å². The average molecular weight is 205 g/mol. The fourth-order valence-corrected chi connectivity index (χ4v) is 2.26. The van der Waals surface area contributed by atoms with Crippen LogP contribution in [0.5, 0.6) is 0 Å². The van der Waals surface area contributed by atoms with E-state index >= 15 is 0 Å². The molecule has 1 aromatic heterocycles. The lowest BCUT2D eigenvalue weighted by atomic mass is 9.91. The second-order valence-electron chi connectivity index (χ2n) is 4.39. The molecule has 15 heavy (non-hydrogen) atoms. The molecule has 0 unspecified atom stereocenters. The molecule has 1 saturated carbocycles. The molecule has 3 heteroatoms. The van der Waals surface area contributed by atoms with Crippen LogP contribution in [-0.4, -0.2) is 24.1 Å². The fraction of sp³-hybridized carbons (Fsp3) is 0.583. The largest absolute Gasteiger partial charge is 0.370 e. The van der Waals surface area contributed by atoms with E-state index in [0.717, 1.165) is 12.8 Å². The Hall–Kier alpha value is -1.09. The van der Waals surface area contributed by atoms with Crippen molar-refractivity contribution in [2.45, 2.75) is 37.8 Å². The van der Waals surface area contributed by atoms with E-state index in [0.29, 0.717) is 12.1 Å². The zero-order chi connectivity index (χ0) is 10.7. The average Bonchev–Trinajstić information content (AvgIpc) is 2.30. The van der Waals surface area contributed by atoms with Gasteiger partial charge in [-0.1, -0.05) is 0 Å². The van der Waals surface area contributed by atoms with E-state index in [1.165, 1.54) is 18.5 Å². The SMILES string of the molecule is CN(c1cccnc1)C1CCC(N)CC1. The van der Waals surface area contributed by atoms with Crippen molar-refractivity contribution in [2.75, 3.05) is 11.9 Å². The molecule has 0 atom stereocenters. The molecular formula is C12H19N3. The first-order chi connectivity index (χ1) is 7.27. The first kappa shape index (κ1) is 10.4. The van der Waals surface area contributed by atoms with Crippen molar-refractivity contribution in [3.05, 3.63) is 24.5 Å². The number of nitrogens with zero attached hydrogens (tertiary/aromatic N) is 2. The van der Waals surface area contributed by atoms with Crippen LogP contribution in [0.2, 0.25) is 0 Å². The Balaban J connectivity index is 1.99. The number of hydrogen-bond acceptors (Lipinski definition) is 3. The smallest absolute Gasteiger partial charge is 0.0552 e. The van der Waals surface area contributed by atoms with Gasteiger partial charge in [-0.05, 0) is 37.8 Å². The van der Waals surface area contributed by atoms with Gasteiger partial charge in [-0.2, -0.15) is 0 Å². The van der Waals surface area contributed by atoms with Crippen molar-refractivity contribution < 1.29 is 0 Å². The Bertz CT molecular complexity index is 291. The van der Waals surface area contributed by atoms with Crippen LogP contribution in [-0.2, 0) is 0 Å². The van der Waals surface area contributed by atoms with Gasteiger partial charge < -0.3 is 10.6 Å². The normalized spacial score (nSPS) is 26.3. The standard InChI is InChI=1S/C12H19N3/c1-15(12-3-2-8-14-9-12)11-6-4-10(13)5-7-11/h2-3,8-11H,4-7,13H2,1H3. The summed E-state index contributed by atoms with van der Waals surface area (Å²) in [6, 6.07) is 5.15. The summed E-state index contributed by atoms with van der Waals surface area (Å²) in [6.45, 7) is 0. The lowest BCUT2D eigenvalue weighted by Gasteiger charge is -2.34. The van der Waals surface area contributed by atoms with Crippen LogP contribution in [0.25, 0.3) is 0 Å². The predicted molar refractivity (Wildman–Crippen MR) is 62.9 cm³/mol. The summed E-state index contributed by atoms with van der Waals surface area (Å²) < 4.78 is 0. The summed E-state index contributed by atoms with van der Waals surface area (Å²) in [5.74, 6) is 0. The molecule has 82 valence electrons. The first-order valence-corrected chi connectivity index (χ1v) is 5.66. The second kappa shape index (κ2) is 4.62. The van der Waals surface area contributed by atoms with Gasteiger partial charge in [0.1, 0.15) is 0 Å². The van der Waals surface area contributed by atoms with E-state index in [9.17, 15) is 0 Å². The predicted octanol–water partition coefficient (Wildman–Crippen LogP) is 1.79. The molecule has 3 nitrogen and oxygen atoms in total. The number of aromatic nitrogens is 1. The van der Waals surface area contributed by atoms with E-state index in [4.69, 9.17) is 5.73 Å². The van der Waals surface area contributed by atoms with E-state index in [1.807, 2.05) is 18.5 Å². The number of nitrogens with two attached hydrogens (primary N) is 1. The van der Waals surface area contributed by atoms with Crippen LogP contribution in [0.3, 0.4) is 0 Å². The maximum absolute atomic E-state index is 5.90. The van der Waals surface area contributed by atoms with Crippen molar-refractivity contribution in [1.29, 1.82) is 0 Å². The van der Waals surface area contributed by atoms with Crippen molar-refractivity contribution in [3.63, 3.8) is 0 Å². The van der Waals surface area contributed by atoms with Crippen LogP contribution in [0.15, 0.2) is 24.5 Å². The topological polar surface area (TPSA) is 42.2 Å². The Morgan fingerprint density at radius 3 is 2.67 bits per heavy atom. The summed E-state index contributed by atoms with van der Waals surface area (Å²) in [5, 5.41) is 0. The molecule has 0 saturated heterocycles. The van der Waals surface area contributed by atoms with Crippen molar-refractivity contribution in [3.8, 4) is 0 Å². The number of rotatable bonds is 2. The summed E-state index contributed by atoms with van der Waals surface area (Å²) >= 11 is 0. The number of pyridine rings is 1. The highest BCUT2D eigenvalue weighted by Gasteiger charge is 2.21. The maximum atomic E-state index is 5.90. The third kappa shape index (κ3) is 2.48. The highest BCUT2D eigenvalue weighted by atomic mass is 15.1. The van der Waals surface area contributed by atoms with Crippen LogP contribution < -0.4 is 10.6 Å². The zero-order valence-electron chi connectivity index (χ0n) is 9.26. The van der Waals surface area contributed by atoms with Crippen LogP contribution in [0, 0.1) is 0 Å². The lowest BCUT2D eigenvalue weighted by Crippen LogP contribution is -2.38. The summed E-state index contributed by atoms with van der Waals surface area (Å²) in [4.78, 5) is 6.48. The number of anilines is 1. The fourth-order valence-electron chi connectivity index (χ4n) is 2.26. The molecule has 0 aliphatic heterocycles. The first-order valence-electron chi connectivity index (χ1n) is 5.66. The summed E-state index contributed by atoms with van der Waals surface area (Å²) in [7, 11) is 2.15. The Labute approximate surface area is 91.3 Å². The molecule has 1 aliphatic rings. The monoisotopic (exact) mass is 205 g/mol. The van der Waals surface area contributed by atoms with Gasteiger partial charge in [-0.15, -0.1) is 0 Å². The minimum atomic E-state index is 0.420. The van der Waals surface area contributed by atoms with Crippen molar-refractivity contribution >= 4 is 5.69 Å². The highest BCUT2D eigenvalue weighted by molar-refractivity contribution is 5.43. The zero-order valence-corrected chi connectivity index (χ0v) is 9.26. The molecule has 1 aliphatic carbocycles. The third-order valence-electron chi connectivity index (χ3n) is 3.34. The van der Waals surface area contributed by atoms with Gasteiger partial charge in [0.25, 0.3) is 0 Å². The minimum Gasteiger partial charge on any atom is -0.370 e. The van der Waals surface area contributed by atoms with Gasteiger partial charge in [0.15, 0.2) is 0 Å². The van der Waals surface area contributed by atoms with E-state index in [-0.39, 0.29) is 0 Å². The van der Waals surface area contributed by atoms with Gasteiger partial charge >= 0.3 is 0 Å². The van der Waals surface area contributed by atoms with Crippen LogP contribution >= 0.6 is 0 Å². The lowest BCUT2D eigenvalue weighted by molar-refractivity contribution is 0.385. The summed E-state index contributed by atoms with van der Waals surface area (Å²) in [6.07, 6.45) is 8.44. The molecule has 1 heterocycles. The molecule has 0 aromatic carbocycles. The third-order valence-corrected chi connectivity index (χ3v) is 3.34. The van der Waals surface area contributed by atoms with Gasteiger partial charge in [-0.25, -0.2) is 0 Å². The quantitative estimate of drug-likeness (QED) is 0.800. The van der Waals surface area contributed by atoms with Gasteiger partial charge in [0.2, 0.25) is 0 Å².